The van der Waals surface area contributed by atoms with Crippen molar-refractivity contribution in [2.75, 3.05) is 19.8 Å². The summed E-state index contributed by atoms with van der Waals surface area (Å²) >= 11 is 18.0. The van der Waals surface area contributed by atoms with E-state index >= 15 is 0 Å². The molecule has 2 aliphatic rings. The number of alkyl halides is 3. The van der Waals surface area contributed by atoms with Crippen LogP contribution >= 0.6 is 46.6 Å². The van der Waals surface area contributed by atoms with Gasteiger partial charge in [0, 0.05) is 4.90 Å². The minimum atomic E-state index is -1.88. The summed E-state index contributed by atoms with van der Waals surface area (Å²) in [6.07, 6.45) is -13.3. The molecule has 12 nitrogen and oxygen atoms in total. The van der Waals surface area contributed by atoms with Crippen LogP contribution in [0.15, 0.2) is 35.2 Å². The molecule has 1 aromatic rings. The van der Waals surface area contributed by atoms with Crippen molar-refractivity contribution in [1.82, 2.24) is 5.32 Å². The van der Waals surface area contributed by atoms with E-state index in [0.717, 1.165) is 11.8 Å². The Kier molecular flexibility index (Phi) is 11.4. The van der Waals surface area contributed by atoms with Crippen molar-refractivity contribution >= 4 is 52.7 Å². The average Bonchev–Trinajstić information content (AvgIpc) is 2.86. The van der Waals surface area contributed by atoms with E-state index in [4.69, 9.17) is 53.8 Å². The largest absolute Gasteiger partial charge is 0.445 e. The van der Waals surface area contributed by atoms with Gasteiger partial charge in [0.15, 0.2) is 6.29 Å². The Morgan fingerprint density at radius 3 is 2.19 bits per heavy atom. The van der Waals surface area contributed by atoms with Gasteiger partial charge >= 0.3 is 6.09 Å². The topological polar surface area (TPSA) is 187 Å². The Bertz CT molecular complexity index is 868. The van der Waals surface area contributed by atoms with Gasteiger partial charge in [0.2, 0.25) is 3.79 Å². The first-order chi connectivity index (χ1) is 17.4. The zero-order chi connectivity index (χ0) is 27.3. The van der Waals surface area contributed by atoms with E-state index in [0.29, 0.717) is 4.90 Å². The summed E-state index contributed by atoms with van der Waals surface area (Å²) in [7, 11) is 0. The number of carbonyl (C=O) groups is 1. The van der Waals surface area contributed by atoms with Gasteiger partial charge in [0.05, 0.1) is 19.3 Å². The summed E-state index contributed by atoms with van der Waals surface area (Å²) in [5.41, 5.74) is -0.968. The Labute approximate surface area is 231 Å². The highest BCUT2D eigenvalue weighted by molar-refractivity contribution is 7.99. The number of hydrogen-bond donors (Lipinski definition) is 7. The van der Waals surface area contributed by atoms with Crippen molar-refractivity contribution < 1.29 is 54.4 Å². The Balaban J connectivity index is 1.82. The summed E-state index contributed by atoms with van der Waals surface area (Å²) in [5.74, 6) is 0. The van der Waals surface area contributed by atoms with Crippen LogP contribution in [0, 0.1) is 0 Å². The van der Waals surface area contributed by atoms with E-state index in [2.05, 4.69) is 5.32 Å². The van der Waals surface area contributed by atoms with Crippen LogP contribution in [0.5, 0.6) is 0 Å². The molecule has 2 aliphatic heterocycles. The first-order valence-corrected chi connectivity index (χ1v) is 13.1. The number of nitrogens with one attached hydrogen (secondary N) is 1. The molecule has 1 amide bonds. The van der Waals surface area contributed by atoms with Gasteiger partial charge in [-0.1, -0.05) is 64.8 Å². The van der Waals surface area contributed by atoms with Crippen LogP contribution in [0.4, 0.5) is 4.79 Å². The molecule has 16 heteroatoms. The molecule has 2 heterocycles. The van der Waals surface area contributed by atoms with Crippen LogP contribution in [-0.2, 0) is 18.9 Å². The minimum Gasteiger partial charge on any atom is -0.445 e. The number of halogens is 3. The average molecular weight is 609 g/mol. The highest BCUT2D eigenvalue weighted by atomic mass is 35.6. The van der Waals surface area contributed by atoms with Crippen LogP contribution in [0.25, 0.3) is 0 Å². The predicted molar refractivity (Wildman–Crippen MR) is 131 cm³/mol. The molecule has 2 saturated heterocycles. The highest BCUT2D eigenvalue weighted by Crippen LogP contribution is 2.36. The standard InChI is InChI=1S/C21H28Cl3NO11S/c22-21(23,24)8-33-20(32)25-12-14(29)17(36-18-16(31)15(30)13(28)10(6-26)34-18)11(7-27)35-19(12)37-9-4-2-1-3-5-9/h1-5,10-19,26-31H,6-8H2,(H,25,32)/t10-,11-,12-,13+,14-,15+,16-,17-,18+,19+/m1/s1. The number of alkyl carbamates (subject to hydrolysis) is 1. The molecule has 37 heavy (non-hydrogen) atoms. The van der Waals surface area contributed by atoms with Crippen molar-refractivity contribution in [2.45, 2.75) is 69.2 Å². The monoisotopic (exact) mass is 607 g/mol. The highest BCUT2D eigenvalue weighted by Gasteiger charge is 2.51. The first-order valence-electron chi connectivity index (χ1n) is 11.1. The molecule has 0 aromatic heterocycles. The molecular formula is C21H28Cl3NO11S. The van der Waals surface area contributed by atoms with Gasteiger partial charge in [-0.2, -0.15) is 0 Å². The van der Waals surface area contributed by atoms with Gasteiger partial charge in [-0.25, -0.2) is 4.79 Å². The van der Waals surface area contributed by atoms with E-state index in [9.17, 15) is 35.4 Å². The third-order valence-corrected chi connectivity index (χ3v) is 7.15. The van der Waals surface area contributed by atoms with Crippen LogP contribution in [0.1, 0.15) is 0 Å². The van der Waals surface area contributed by atoms with Crippen molar-refractivity contribution in [3.63, 3.8) is 0 Å². The fraction of sp³-hybridized carbons (Fsp3) is 0.667. The van der Waals surface area contributed by atoms with Crippen molar-refractivity contribution in [3.8, 4) is 0 Å². The number of benzene rings is 1. The number of hydrogen-bond acceptors (Lipinski definition) is 12. The predicted octanol–water partition coefficient (Wildman–Crippen LogP) is -0.493. The molecule has 0 unspecified atom stereocenters. The quantitative estimate of drug-likeness (QED) is 0.188. The number of thioether (sulfide) groups is 1. The van der Waals surface area contributed by atoms with Crippen LogP contribution in [0.2, 0.25) is 0 Å². The van der Waals surface area contributed by atoms with Crippen molar-refractivity contribution in [3.05, 3.63) is 30.3 Å². The van der Waals surface area contributed by atoms with Gasteiger partial charge in [0.25, 0.3) is 0 Å². The molecule has 0 radical (unpaired) electrons. The van der Waals surface area contributed by atoms with E-state index < -0.39 is 90.2 Å². The second-order valence-electron chi connectivity index (χ2n) is 8.31. The fourth-order valence-corrected chi connectivity index (χ4v) is 5.10. The Morgan fingerprint density at radius 2 is 1.59 bits per heavy atom. The minimum absolute atomic E-state index is 0.590. The molecule has 0 aliphatic carbocycles. The lowest BCUT2D eigenvalue weighted by atomic mass is 9.96. The molecule has 3 rings (SSSR count). The molecule has 0 saturated carbocycles. The Morgan fingerprint density at radius 1 is 0.946 bits per heavy atom. The maximum atomic E-state index is 12.4. The number of carbonyl (C=O) groups excluding carboxylic acids is 1. The maximum absolute atomic E-state index is 12.4. The zero-order valence-electron chi connectivity index (χ0n) is 19.0. The zero-order valence-corrected chi connectivity index (χ0v) is 22.1. The lowest BCUT2D eigenvalue weighted by Crippen LogP contribution is -2.66. The first kappa shape index (κ1) is 30.9. The molecule has 10 atom stereocenters. The normalized spacial score (nSPS) is 36.7. The van der Waals surface area contributed by atoms with Gasteiger partial charge in [-0.3, -0.25) is 0 Å². The van der Waals surface area contributed by atoms with Crippen LogP contribution in [0.3, 0.4) is 0 Å². The lowest BCUT2D eigenvalue weighted by molar-refractivity contribution is -0.333. The van der Waals surface area contributed by atoms with E-state index in [1.165, 1.54) is 0 Å². The second-order valence-corrected chi connectivity index (χ2v) is 12.0. The molecular weight excluding hydrogens is 581 g/mol. The van der Waals surface area contributed by atoms with Gasteiger partial charge in [-0.15, -0.1) is 0 Å². The van der Waals surface area contributed by atoms with Gasteiger partial charge in [-0.05, 0) is 12.1 Å². The van der Waals surface area contributed by atoms with Gasteiger partial charge < -0.3 is 54.9 Å². The molecule has 0 spiro atoms. The smallest absolute Gasteiger partial charge is 0.407 e. The van der Waals surface area contributed by atoms with E-state index in [1.54, 1.807) is 30.3 Å². The molecule has 7 N–H and O–H groups in total. The summed E-state index contributed by atoms with van der Waals surface area (Å²) in [6, 6.07) is 7.66. The van der Waals surface area contributed by atoms with Crippen LogP contribution < -0.4 is 5.32 Å². The number of rotatable bonds is 8. The summed E-state index contributed by atoms with van der Waals surface area (Å²) in [6.45, 7) is -1.93. The number of aliphatic hydroxyl groups is 6. The van der Waals surface area contributed by atoms with E-state index in [-0.39, 0.29) is 0 Å². The number of ether oxygens (including phenoxy) is 4. The van der Waals surface area contributed by atoms with Crippen LogP contribution in [-0.4, -0.2) is 121 Å². The maximum Gasteiger partial charge on any atom is 0.407 e. The molecule has 1 aromatic carbocycles. The molecule has 0 bridgehead atoms. The SMILES string of the molecule is O=C(N[C@@H]1[C@@H](O)[C@H](O[C@@H]2O[C@H](CO)[C@H](O)[C@H](O)[C@H]2O)[C@@H](CO)O[C@H]1Sc1ccccc1)OCC(Cl)(Cl)Cl. The Hall–Kier alpha value is -0.650. The molecule has 2 fully saturated rings. The van der Waals surface area contributed by atoms with Crippen molar-refractivity contribution in [2.24, 2.45) is 0 Å². The van der Waals surface area contributed by atoms with E-state index in [1.807, 2.05) is 0 Å². The number of aliphatic hydroxyl groups excluding tert-OH is 6. The molecule has 210 valence electrons. The summed E-state index contributed by atoms with van der Waals surface area (Å²) < 4.78 is 20.0. The summed E-state index contributed by atoms with van der Waals surface area (Å²) in [4.78, 5) is 13.1. The number of amides is 1. The third-order valence-electron chi connectivity index (χ3n) is 5.64. The second kappa shape index (κ2) is 13.6. The third kappa shape index (κ3) is 8.18. The lowest BCUT2D eigenvalue weighted by Gasteiger charge is -2.47. The fourth-order valence-electron chi connectivity index (χ4n) is 3.78. The van der Waals surface area contributed by atoms with Crippen molar-refractivity contribution in [1.29, 1.82) is 0 Å². The summed E-state index contributed by atoms with van der Waals surface area (Å²) in [5, 5.41) is 63.5. The van der Waals surface area contributed by atoms with Gasteiger partial charge in [0.1, 0.15) is 54.8 Å².